The maximum atomic E-state index is 7.72. The molecule has 0 aromatic heterocycles. The zero-order valence-electron chi connectivity index (χ0n) is 5.58. The Balaban J connectivity index is -0.00000000500. The molecule has 0 rings (SSSR count). The third kappa shape index (κ3) is 330. The third-order valence-electron chi connectivity index (χ3n) is 0. The topological polar surface area (TPSA) is 127 Å². The van der Waals surface area contributed by atoms with Gasteiger partial charge in [-0.2, -0.15) is 0 Å². The molecule has 0 bridgehead atoms. The van der Waals surface area contributed by atoms with Gasteiger partial charge in [-0.05, 0) is 11.0 Å². The van der Waals surface area contributed by atoms with Crippen molar-refractivity contribution in [3.8, 4) is 0 Å². The fourth-order valence-electron chi connectivity index (χ4n) is 0. The van der Waals surface area contributed by atoms with Crippen LogP contribution in [0.1, 0.15) is 0 Å². The quantitative estimate of drug-likeness (QED) is 0.348. The predicted molar refractivity (Wildman–Crippen MR) is 61.1 cm³/mol. The minimum Gasteiger partial charge on any atom is -0.769 e. The van der Waals surface area contributed by atoms with Gasteiger partial charge in [-0.1, -0.05) is 0 Å². The Morgan fingerprint density at radius 3 is 0.500 bits per heavy atom. The first-order valence-corrected chi connectivity index (χ1v) is 2.95. The van der Waals surface area contributed by atoms with E-state index in [-0.39, 0.29) is 48.7 Å². The molecule has 0 aromatic rings. The average molecular weight is 385 g/mol. The molecule has 4 N–H and O–H groups in total. The van der Waals surface area contributed by atoms with E-state index in [0.717, 1.165) is 0 Å². The predicted octanol–water partition coefficient (Wildman–Crippen LogP) is -2.30. The van der Waals surface area contributed by atoms with Crippen molar-refractivity contribution < 1.29 is 28.0 Å². The van der Waals surface area contributed by atoms with Crippen LogP contribution < -0.4 is 9.32 Å². The van der Waals surface area contributed by atoms with E-state index in [0.29, 0.717) is 0 Å². The van der Waals surface area contributed by atoms with Gasteiger partial charge in [0, 0.05) is 0 Å². The molecule has 0 spiro atoms. The van der Waals surface area contributed by atoms with Gasteiger partial charge >= 0.3 is 37.7 Å². The molecule has 14 heteroatoms. The van der Waals surface area contributed by atoms with Crippen LogP contribution in [0.4, 0.5) is 0 Å². The second kappa shape index (κ2) is 404. The summed E-state index contributed by atoms with van der Waals surface area (Å²) in [7, 11) is 0. The van der Waals surface area contributed by atoms with Gasteiger partial charge in [-0.3, -0.25) is 18.6 Å². The fourth-order valence-corrected chi connectivity index (χ4v) is 0. The van der Waals surface area contributed by atoms with Gasteiger partial charge in [0.15, 0.2) is 0 Å². The molecule has 0 saturated heterocycles. The summed E-state index contributed by atoms with van der Waals surface area (Å²) >= 11 is 21.3. The van der Waals surface area contributed by atoms with Crippen LogP contribution in [-0.2, 0) is 0 Å². The van der Waals surface area contributed by atoms with E-state index in [2.05, 4.69) is 71.2 Å². The second-order valence-corrected chi connectivity index (χ2v) is 0. The number of hydrogen-bond acceptors (Lipinski definition) is 6. The summed E-state index contributed by atoms with van der Waals surface area (Å²) in [6.45, 7) is 0. The summed E-state index contributed by atoms with van der Waals surface area (Å²) in [5.41, 5.74) is 0. The smallest absolute Gasteiger partial charge is 0.769 e. The molecular weight excluding hydrogens is 377 g/mol. The van der Waals surface area contributed by atoms with Gasteiger partial charge in [0.2, 0.25) is 0 Å². The van der Waals surface area contributed by atoms with Crippen LogP contribution in [0, 0.1) is 0 Å². The Bertz CT molecular complexity index is 22.3. The monoisotopic (exact) mass is 382 g/mol. The van der Waals surface area contributed by atoms with Crippen LogP contribution in [0.25, 0.3) is 0 Å². The summed E-state index contributed by atoms with van der Waals surface area (Å²) in [6, 6.07) is 0. The van der Waals surface area contributed by atoms with E-state index in [1.807, 2.05) is 0 Å². The molecule has 0 radical (unpaired) electrons. The molecule has 0 amide bonds. The Morgan fingerprint density at radius 2 is 0.500 bits per heavy atom. The maximum Gasteiger partial charge on any atom is 2.00 e. The number of rotatable bonds is 0. The Kier molecular flexibility index (Phi) is 1550. The standard InChI is InChI=1S/Ca.4ClHO.2ClO.H4Si/c;6*1-2;/h;4*2H;;;1H4/q+2;;;;;2*-1;. The summed E-state index contributed by atoms with van der Waals surface area (Å²) in [5.74, 6) is 0. The van der Waals surface area contributed by atoms with Crippen LogP contribution in [0.3, 0.4) is 0 Å². The zero-order valence-corrected chi connectivity index (χ0v) is 12.3. The number of hydrogen-bond donors (Lipinski definition) is 4. The minimum absolute atomic E-state index is 0. The van der Waals surface area contributed by atoms with Crippen LogP contribution >= 0.6 is 71.2 Å². The molecule has 0 unspecified atom stereocenters. The van der Waals surface area contributed by atoms with Crippen LogP contribution in [-0.4, -0.2) is 67.3 Å². The summed E-state index contributed by atoms with van der Waals surface area (Å²) in [4.78, 5) is 0. The first-order valence-electron chi connectivity index (χ1n) is 0.985. The van der Waals surface area contributed by atoms with Gasteiger partial charge in [0.05, 0.1) is 47.5 Å². The van der Waals surface area contributed by atoms with Gasteiger partial charge in [-0.15, -0.1) is 0 Å². The SMILES string of the molecule is OCl.OCl.OCl.OCl.[Ca+2].[O-]Cl.[O-]Cl.[SiH4]. The molecule has 0 aliphatic carbocycles. The van der Waals surface area contributed by atoms with Crippen molar-refractivity contribution in [3.05, 3.63) is 0 Å². The van der Waals surface area contributed by atoms with Crippen molar-refractivity contribution in [1.29, 1.82) is 0 Å². The molecule has 0 atom stereocenters. The van der Waals surface area contributed by atoms with Gasteiger partial charge in [-0.25, -0.2) is 23.7 Å². The zero-order chi connectivity index (χ0) is 12.0. The Morgan fingerprint density at radius 1 is 0.500 bits per heavy atom. The molecule has 0 saturated carbocycles. The Labute approximate surface area is 146 Å². The molecular formula is H8CaCl6O6Si. The minimum atomic E-state index is 0. The molecule has 92 valence electrons. The first-order chi connectivity index (χ1) is 6.00. The van der Waals surface area contributed by atoms with E-state index in [4.69, 9.17) is 28.0 Å². The summed E-state index contributed by atoms with van der Waals surface area (Å²) in [6.07, 6.45) is 0. The van der Waals surface area contributed by atoms with Gasteiger partial charge < -0.3 is 9.32 Å². The van der Waals surface area contributed by atoms with E-state index in [1.54, 1.807) is 0 Å². The molecule has 0 heterocycles. The van der Waals surface area contributed by atoms with Crippen molar-refractivity contribution >= 4 is 120 Å². The number of halogens is 6. The molecule has 0 aliphatic heterocycles. The average Bonchev–Trinajstić information content (AvgIpc) is 2.33. The van der Waals surface area contributed by atoms with Crippen molar-refractivity contribution in [2.45, 2.75) is 0 Å². The van der Waals surface area contributed by atoms with Crippen molar-refractivity contribution in [2.24, 2.45) is 0 Å². The van der Waals surface area contributed by atoms with E-state index in [1.165, 1.54) is 0 Å². The summed E-state index contributed by atoms with van der Waals surface area (Å²) < 4.78 is 41.3. The molecule has 6 nitrogen and oxygen atoms in total. The van der Waals surface area contributed by atoms with Gasteiger partial charge in [0.1, 0.15) is 0 Å². The summed E-state index contributed by atoms with van der Waals surface area (Å²) in [5, 5.41) is 0. The van der Waals surface area contributed by atoms with E-state index < -0.39 is 0 Å². The van der Waals surface area contributed by atoms with Crippen LogP contribution in [0.15, 0.2) is 0 Å². The normalized spacial score (nSPS) is 2.57. The van der Waals surface area contributed by atoms with Crippen molar-refractivity contribution in [3.63, 3.8) is 0 Å². The van der Waals surface area contributed by atoms with E-state index in [9.17, 15) is 0 Å². The molecule has 0 fully saturated rings. The largest absolute Gasteiger partial charge is 2.00 e. The molecule has 14 heavy (non-hydrogen) atoms. The third-order valence-corrected chi connectivity index (χ3v) is 0. The van der Waals surface area contributed by atoms with Crippen LogP contribution in [0.2, 0.25) is 0 Å². The first kappa shape index (κ1) is 53.8. The second-order valence-electron chi connectivity index (χ2n) is 0. The van der Waals surface area contributed by atoms with Gasteiger partial charge in [0.25, 0.3) is 0 Å². The van der Waals surface area contributed by atoms with Crippen LogP contribution in [0.5, 0.6) is 0 Å². The Hall–Kier alpha value is 2.98. The molecule has 0 aromatic carbocycles. The maximum absolute atomic E-state index is 7.72. The fraction of sp³-hybridized carbons (Fsp3) is 0. The van der Waals surface area contributed by atoms with E-state index >= 15 is 0 Å². The van der Waals surface area contributed by atoms with Crippen molar-refractivity contribution in [1.82, 2.24) is 0 Å². The van der Waals surface area contributed by atoms with Crippen molar-refractivity contribution in [2.75, 3.05) is 0 Å². The molecule has 0 aliphatic rings.